The fraction of sp³-hybridized carbons (Fsp3) is 0.0968. The number of carbonyl (C=O) groups is 4. The van der Waals surface area contributed by atoms with Gasteiger partial charge in [-0.3, -0.25) is 19.2 Å². The average Bonchev–Trinajstić information content (AvgIpc) is 3.08. The van der Waals surface area contributed by atoms with E-state index in [4.69, 9.17) is 0 Å². The highest BCUT2D eigenvalue weighted by molar-refractivity contribution is 8.00. The third kappa shape index (κ3) is 5.76. The van der Waals surface area contributed by atoms with Crippen molar-refractivity contribution in [2.45, 2.75) is 23.0 Å². The molecular formula is C31H24N2O5S. The first-order valence-corrected chi connectivity index (χ1v) is 13.2. The molecule has 1 atom stereocenters. The van der Waals surface area contributed by atoms with Gasteiger partial charge in [0.1, 0.15) is 0 Å². The van der Waals surface area contributed by atoms with E-state index in [0.717, 1.165) is 16.0 Å². The van der Waals surface area contributed by atoms with Gasteiger partial charge in [-0.1, -0.05) is 60.7 Å². The van der Waals surface area contributed by atoms with Crippen LogP contribution in [0.2, 0.25) is 0 Å². The first-order chi connectivity index (χ1) is 18.9. The second kappa shape index (κ2) is 11.4. The third-order valence-corrected chi connectivity index (χ3v) is 7.57. The summed E-state index contributed by atoms with van der Waals surface area (Å²) in [7, 11) is 0. The van der Waals surface area contributed by atoms with E-state index in [1.54, 1.807) is 60.7 Å². The van der Waals surface area contributed by atoms with Crippen molar-refractivity contribution < 1.29 is 24.3 Å². The number of anilines is 2. The number of nitrogens with one attached hydrogen (secondary N) is 1. The number of amides is 3. The predicted molar refractivity (Wildman–Crippen MR) is 151 cm³/mol. The second-order valence-electron chi connectivity index (χ2n) is 8.99. The van der Waals surface area contributed by atoms with Gasteiger partial charge < -0.3 is 10.4 Å². The molecule has 0 radical (unpaired) electrons. The van der Waals surface area contributed by atoms with E-state index in [1.807, 2.05) is 42.5 Å². The van der Waals surface area contributed by atoms with Crippen molar-refractivity contribution in [1.82, 2.24) is 0 Å². The predicted octanol–water partition coefficient (Wildman–Crippen LogP) is 6.12. The van der Waals surface area contributed by atoms with Crippen molar-refractivity contribution in [2.24, 2.45) is 0 Å². The Bertz CT molecular complexity index is 1550. The molecule has 4 aromatic rings. The Balaban J connectivity index is 1.36. The summed E-state index contributed by atoms with van der Waals surface area (Å²) in [6, 6.07) is 30.3. The number of rotatable bonds is 6. The van der Waals surface area contributed by atoms with Crippen LogP contribution in [0, 0.1) is 0 Å². The number of fused-ring (bicyclic) bond motifs is 1. The van der Waals surface area contributed by atoms with Gasteiger partial charge >= 0.3 is 5.97 Å². The Morgan fingerprint density at radius 3 is 2.26 bits per heavy atom. The number of para-hydroxylation sites is 1. The molecule has 4 aromatic carbocycles. The maximum atomic E-state index is 13.5. The molecule has 1 aliphatic rings. The standard InChI is InChI=1S/C31H24N2O5S/c34-28-18-23(19-29(35)36)39-27-13-7-6-12-26(27)33(28)31(38)21-14-16-22(17-15-21)32-30(37)25-11-5-4-10-24(25)20-8-2-1-3-9-20/h1-17,23H,18-19H2,(H,32,37)(H,35,36). The summed E-state index contributed by atoms with van der Waals surface area (Å²) in [5.41, 5.74) is 3.45. The number of carboxylic acid groups (broad SMARTS) is 1. The van der Waals surface area contributed by atoms with Crippen LogP contribution in [0.1, 0.15) is 33.6 Å². The lowest BCUT2D eigenvalue weighted by atomic mass is 9.99. The van der Waals surface area contributed by atoms with Gasteiger partial charge in [0.15, 0.2) is 0 Å². The first kappa shape index (κ1) is 25.9. The molecule has 1 heterocycles. The molecule has 1 aliphatic heterocycles. The maximum Gasteiger partial charge on any atom is 0.304 e. The van der Waals surface area contributed by atoms with Crippen molar-refractivity contribution >= 4 is 46.8 Å². The zero-order valence-electron chi connectivity index (χ0n) is 20.7. The molecule has 194 valence electrons. The Kier molecular flexibility index (Phi) is 7.56. The highest BCUT2D eigenvalue weighted by Gasteiger charge is 2.33. The van der Waals surface area contributed by atoms with Crippen LogP contribution in [0.4, 0.5) is 11.4 Å². The maximum absolute atomic E-state index is 13.5. The Morgan fingerprint density at radius 2 is 1.51 bits per heavy atom. The molecule has 0 fully saturated rings. The molecule has 7 nitrogen and oxygen atoms in total. The zero-order valence-corrected chi connectivity index (χ0v) is 21.6. The summed E-state index contributed by atoms with van der Waals surface area (Å²) in [5, 5.41) is 11.6. The number of carboxylic acids is 1. The fourth-order valence-corrected chi connectivity index (χ4v) is 5.74. The fourth-order valence-electron chi connectivity index (χ4n) is 4.49. The van der Waals surface area contributed by atoms with E-state index in [0.29, 0.717) is 21.8 Å². The zero-order chi connectivity index (χ0) is 27.4. The van der Waals surface area contributed by atoms with E-state index < -0.39 is 23.0 Å². The summed E-state index contributed by atoms with van der Waals surface area (Å²) < 4.78 is 0. The van der Waals surface area contributed by atoms with Gasteiger partial charge in [0, 0.05) is 33.4 Å². The largest absolute Gasteiger partial charge is 0.481 e. The third-order valence-electron chi connectivity index (χ3n) is 6.30. The highest BCUT2D eigenvalue weighted by atomic mass is 32.2. The number of hydrogen-bond donors (Lipinski definition) is 2. The lowest BCUT2D eigenvalue weighted by Gasteiger charge is -2.21. The minimum Gasteiger partial charge on any atom is -0.481 e. The number of benzene rings is 4. The summed E-state index contributed by atoms with van der Waals surface area (Å²) in [6.07, 6.45) is -0.263. The number of hydrogen-bond acceptors (Lipinski definition) is 5. The summed E-state index contributed by atoms with van der Waals surface area (Å²) in [5.74, 6) is -2.26. The minimum atomic E-state index is -0.999. The molecule has 3 amide bonds. The Hall–Kier alpha value is -4.69. The number of carbonyl (C=O) groups excluding carboxylic acids is 3. The van der Waals surface area contributed by atoms with E-state index in [1.165, 1.54) is 11.8 Å². The van der Waals surface area contributed by atoms with Gasteiger partial charge in [-0.15, -0.1) is 11.8 Å². The summed E-state index contributed by atoms with van der Waals surface area (Å²) in [6.45, 7) is 0. The molecule has 39 heavy (non-hydrogen) atoms. The van der Waals surface area contributed by atoms with Crippen LogP contribution in [0.25, 0.3) is 11.1 Å². The average molecular weight is 537 g/mol. The number of nitrogens with zero attached hydrogens (tertiary/aromatic N) is 1. The van der Waals surface area contributed by atoms with E-state index in [-0.39, 0.29) is 24.3 Å². The van der Waals surface area contributed by atoms with Crippen LogP contribution in [0.3, 0.4) is 0 Å². The highest BCUT2D eigenvalue weighted by Crippen LogP contribution is 2.39. The Morgan fingerprint density at radius 1 is 0.846 bits per heavy atom. The summed E-state index contributed by atoms with van der Waals surface area (Å²) in [4.78, 5) is 52.9. The molecular weight excluding hydrogens is 512 g/mol. The molecule has 0 saturated carbocycles. The van der Waals surface area contributed by atoms with Crippen molar-refractivity contribution in [1.29, 1.82) is 0 Å². The van der Waals surface area contributed by atoms with E-state index >= 15 is 0 Å². The van der Waals surface area contributed by atoms with Crippen molar-refractivity contribution in [3.63, 3.8) is 0 Å². The van der Waals surface area contributed by atoms with E-state index in [2.05, 4.69) is 5.32 Å². The molecule has 1 unspecified atom stereocenters. The van der Waals surface area contributed by atoms with Gasteiger partial charge in [0.25, 0.3) is 11.8 Å². The molecule has 2 N–H and O–H groups in total. The van der Waals surface area contributed by atoms with Crippen molar-refractivity contribution in [3.05, 3.63) is 114 Å². The lowest BCUT2D eigenvalue weighted by Crippen LogP contribution is -2.37. The lowest BCUT2D eigenvalue weighted by molar-refractivity contribution is -0.137. The molecule has 0 aliphatic carbocycles. The SMILES string of the molecule is O=C(O)CC1CC(=O)N(C(=O)c2ccc(NC(=O)c3ccccc3-c3ccccc3)cc2)c2ccccc2S1. The summed E-state index contributed by atoms with van der Waals surface area (Å²) >= 11 is 1.29. The first-order valence-electron chi connectivity index (χ1n) is 12.3. The van der Waals surface area contributed by atoms with Crippen molar-refractivity contribution in [2.75, 3.05) is 10.2 Å². The van der Waals surface area contributed by atoms with Crippen molar-refractivity contribution in [3.8, 4) is 11.1 Å². The van der Waals surface area contributed by atoms with Crippen LogP contribution >= 0.6 is 11.8 Å². The molecule has 8 heteroatoms. The quantitative estimate of drug-likeness (QED) is 0.288. The van der Waals surface area contributed by atoms with E-state index in [9.17, 15) is 24.3 Å². The van der Waals surface area contributed by atoms with Crippen LogP contribution in [-0.4, -0.2) is 34.0 Å². The van der Waals surface area contributed by atoms with Crippen LogP contribution in [0.5, 0.6) is 0 Å². The van der Waals surface area contributed by atoms with Crippen LogP contribution < -0.4 is 10.2 Å². The van der Waals surface area contributed by atoms with Gasteiger partial charge in [0.2, 0.25) is 5.91 Å². The molecule has 0 aromatic heterocycles. The normalized spacial score (nSPS) is 14.7. The smallest absolute Gasteiger partial charge is 0.304 e. The van der Waals surface area contributed by atoms with Gasteiger partial charge in [-0.25, -0.2) is 4.90 Å². The van der Waals surface area contributed by atoms with Crippen LogP contribution in [-0.2, 0) is 9.59 Å². The van der Waals surface area contributed by atoms with Gasteiger partial charge in [-0.05, 0) is 53.6 Å². The van der Waals surface area contributed by atoms with Gasteiger partial charge in [-0.2, -0.15) is 0 Å². The second-order valence-corrected chi connectivity index (χ2v) is 10.3. The molecule has 0 bridgehead atoms. The number of imide groups is 1. The number of thioether (sulfide) groups is 1. The monoisotopic (exact) mass is 536 g/mol. The topological polar surface area (TPSA) is 104 Å². The molecule has 0 saturated heterocycles. The molecule has 5 rings (SSSR count). The Labute approximate surface area is 229 Å². The minimum absolute atomic E-state index is 0.0770. The van der Waals surface area contributed by atoms with Crippen LogP contribution in [0.15, 0.2) is 108 Å². The van der Waals surface area contributed by atoms with Gasteiger partial charge in [0.05, 0.1) is 12.1 Å². The number of aliphatic carboxylic acids is 1. The molecule has 0 spiro atoms.